The van der Waals surface area contributed by atoms with Crippen LogP contribution >= 0.6 is 24.8 Å². The summed E-state index contributed by atoms with van der Waals surface area (Å²) < 4.78 is 31.8. The molecule has 2 aromatic carbocycles. The first-order valence-corrected chi connectivity index (χ1v) is 11.6. The molecule has 1 aromatic heterocycles. The van der Waals surface area contributed by atoms with E-state index in [4.69, 9.17) is 4.74 Å². The maximum atomic E-state index is 13.5. The molecular weight excluding hydrogens is 507 g/mol. The van der Waals surface area contributed by atoms with Crippen LogP contribution in [0, 0.1) is 11.6 Å². The molecule has 1 saturated heterocycles. The van der Waals surface area contributed by atoms with Crippen LogP contribution in [0.3, 0.4) is 0 Å². The highest BCUT2D eigenvalue weighted by atomic mass is 35.5. The molecule has 194 valence electrons. The first kappa shape index (κ1) is 29.5. The second-order valence-electron chi connectivity index (χ2n) is 8.49. The second-order valence-corrected chi connectivity index (χ2v) is 8.49. The minimum absolute atomic E-state index is 0. The average molecular weight is 538 g/mol. The number of piperazine rings is 1. The fourth-order valence-electron chi connectivity index (χ4n) is 4.54. The van der Waals surface area contributed by atoms with E-state index in [-0.39, 0.29) is 48.3 Å². The highest BCUT2D eigenvalue weighted by Gasteiger charge is 2.23. The number of methoxy groups -OCH3 is 1. The molecule has 5 nitrogen and oxygen atoms in total. The summed E-state index contributed by atoms with van der Waals surface area (Å²) in [4.78, 5) is 21.0. The van der Waals surface area contributed by atoms with Gasteiger partial charge >= 0.3 is 5.97 Å². The molecule has 4 rings (SSSR count). The van der Waals surface area contributed by atoms with Crippen LogP contribution in [0.1, 0.15) is 40.2 Å². The number of nitrogens with zero attached hydrogens (tertiary/aromatic N) is 3. The van der Waals surface area contributed by atoms with Crippen molar-refractivity contribution in [2.45, 2.75) is 18.8 Å². The maximum absolute atomic E-state index is 13.5. The molecule has 0 unspecified atom stereocenters. The first-order chi connectivity index (χ1) is 16.5. The van der Waals surface area contributed by atoms with Gasteiger partial charge in [-0.15, -0.1) is 24.8 Å². The Balaban J connectivity index is 0.00000228. The molecule has 1 aliphatic rings. The van der Waals surface area contributed by atoms with E-state index < -0.39 is 0 Å². The first-order valence-electron chi connectivity index (χ1n) is 11.6. The highest BCUT2D eigenvalue weighted by molar-refractivity contribution is 5.94. The number of anilines is 1. The van der Waals surface area contributed by atoms with Crippen LogP contribution in [-0.4, -0.2) is 55.7 Å². The van der Waals surface area contributed by atoms with Crippen molar-refractivity contribution >= 4 is 36.6 Å². The van der Waals surface area contributed by atoms with E-state index >= 15 is 0 Å². The van der Waals surface area contributed by atoms with Crippen molar-refractivity contribution in [3.05, 3.63) is 95.2 Å². The Hall–Kier alpha value is -2.74. The minimum atomic E-state index is -0.377. The molecular formula is C27H31Cl2F2N3O2. The summed E-state index contributed by atoms with van der Waals surface area (Å²) in [6.07, 6.45) is 3.53. The van der Waals surface area contributed by atoms with Crippen molar-refractivity contribution in [2.75, 3.05) is 44.7 Å². The van der Waals surface area contributed by atoms with Crippen LogP contribution in [0.25, 0.3) is 0 Å². The summed E-state index contributed by atoms with van der Waals surface area (Å²) in [7, 11) is 1.38. The number of aromatic nitrogens is 1. The lowest BCUT2D eigenvalue weighted by atomic mass is 9.87. The Morgan fingerprint density at radius 2 is 1.47 bits per heavy atom. The Morgan fingerprint density at radius 1 is 0.917 bits per heavy atom. The molecule has 1 fully saturated rings. The molecule has 0 atom stereocenters. The standard InChI is InChI=1S/C27H29F2N3O2.2ClH/c1-34-27(33)25-4-2-14-30-26(25)32-18-16-31(17-19-32)15-3-5-24(20-6-10-22(28)11-7-20)21-8-12-23(29)13-9-21;;/h2,4,6-14,24H,3,5,15-19H2,1H3;2*1H. The smallest absolute Gasteiger partial charge is 0.341 e. The molecule has 0 amide bonds. The second kappa shape index (κ2) is 14.1. The molecule has 9 heteroatoms. The molecule has 0 saturated carbocycles. The zero-order chi connectivity index (χ0) is 23.9. The number of carbonyl (C=O) groups is 1. The van der Waals surface area contributed by atoms with Gasteiger partial charge in [0.05, 0.1) is 7.11 Å². The van der Waals surface area contributed by atoms with Gasteiger partial charge in [-0.25, -0.2) is 18.6 Å². The Morgan fingerprint density at radius 3 is 2.00 bits per heavy atom. The van der Waals surface area contributed by atoms with E-state index in [1.54, 1.807) is 18.3 Å². The zero-order valence-corrected chi connectivity index (χ0v) is 21.7. The van der Waals surface area contributed by atoms with Crippen LogP contribution < -0.4 is 4.90 Å². The van der Waals surface area contributed by atoms with E-state index in [1.165, 1.54) is 31.4 Å². The van der Waals surface area contributed by atoms with Crippen molar-refractivity contribution in [2.24, 2.45) is 0 Å². The summed E-state index contributed by atoms with van der Waals surface area (Å²) in [5, 5.41) is 0. The van der Waals surface area contributed by atoms with Crippen LogP contribution in [0.2, 0.25) is 0 Å². The molecule has 36 heavy (non-hydrogen) atoms. The van der Waals surface area contributed by atoms with Gasteiger partial charge in [-0.05, 0) is 66.9 Å². The monoisotopic (exact) mass is 537 g/mol. The summed E-state index contributed by atoms with van der Waals surface area (Å²) in [5.41, 5.74) is 2.55. The number of carbonyl (C=O) groups excluding carboxylic acids is 1. The van der Waals surface area contributed by atoms with Crippen molar-refractivity contribution in [1.82, 2.24) is 9.88 Å². The van der Waals surface area contributed by atoms with Crippen molar-refractivity contribution in [3.8, 4) is 0 Å². The average Bonchev–Trinajstić information content (AvgIpc) is 2.88. The van der Waals surface area contributed by atoms with Crippen LogP contribution in [0.15, 0.2) is 66.9 Å². The van der Waals surface area contributed by atoms with Crippen LogP contribution in [0.5, 0.6) is 0 Å². The molecule has 1 aliphatic heterocycles. The SMILES string of the molecule is COC(=O)c1cccnc1N1CCN(CCCC(c2ccc(F)cc2)c2ccc(F)cc2)CC1.Cl.Cl. The lowest BCUT2D eigenvalue weighted by Gasteiger charge is -2.36. The van der Waals surface area contributed by atoms with Crippen molar-refractivity contribution in [3.63, 3.8) is 0 Å². The predicted molar refractivity (Wildman–Crippen MR) is 143 cm³/mol. The number of hydrogen-bond donors (Lipinski definition) is 0. The summed E-state index contributed by atoms with van der Waals surface area (Å²) >= 11 is 0. The summed E-state index contributed by atoms with van der Waals surface area (Å²) in [6.45, 7) is 4.23. The topological polar surface area (TPSA) is 45.7 Å². The molecule has 3 aromatic rings. The lowest BCUT2D eigenvalue weighted by molar-refractivity contribution is 0.0600. The normalized spacial score (nSPS) is 13.6. The van der Waals surface area contributed by atoms with Gasteiger partial charge in [0.15, 0.2) is 0 Å². The summed E-state index contributed by atoms with van der Waals surface area (Å²) in [6, 6.07) is 16.6. The molecule has 0 radical (unpaired) electrons. The van der Waals surface area contributed by atoms with E-state index in [0.29, 0.717) is 11.4 Å². The number of esters is 1. The number of hydrogen-bond acceptors (Lipinski definition) is 5. The Labute approximate surface area is 223 Å². The molecule has 2 heterocycles. The minimum Gasteiger partial charge on any atom is -0.465 e. The van der Waals surface area contributed by atoms with Crippen molar-refractivity contribution < 1.29 is 18.3 Å². The third-order valence-corrected chi connectivity index (χ3v) is 6.38. The molecule has 0 bridgehead atoms. The number of pyridine rings is 1. The Bertz CT molecular complexity index is 1050. The van der Waals surface area contributed by atoms with E-state index in [9.17, 15) is 13.6 Å². The molecule has 0 spiro atoms. The third kappa shape index (κ3) is 7.38. The van der Waals surface area contributed by atoms with Crippen LogP contribution in [0.4, 0.5) is 14.6 Å². The predicted octanol–water partition coefficient (Wildman–Crippen LogP) is 5.72. The van der Waals surface area contributed by atoms with Gasteiger partial charge in [0.2, 0.25) is 0 Å². The fraction of sp³-hybridized carbons (Fsp3) is 0.333. The molecule has 0 N–H and O–H groups in total. The van der Waals surface area contributed by atoms with Crippen molar-refractivity contribution in [1.29, 1.82) is 0 Å². The van der Waals surface area contributed by atoms with Gasteiger partial charge in [-0.1, -0.05) is 24.3 Å². The summed E-state index contributed by atoms with van der Waals surface area (Å²) in [5.74, 6) is -0.149. The zero-order valence-electron chi connectivity index (χ0n) is 20.1. The number of rotatable bonds is 8. The van der Waals surface area contributed by atoms with E-state index in [2.05, 4.69) is 14.8 Å². The largest absolute Gasteiger partial charge is 0.465 e. The van der Waals surface area contributed by atoms with Gasteiger partial charge in [-0.3, -0.25) is 4.90 Å². The lowest BCUT2D eigenvalue weighted by Crippen LogP contribution is -2.47. The number of ether oxygens (including phenoxy) is 1. The fourth-order valence-corrected chi connectivity index (χ4v) is 4.54. The van der Waals surface area contributed by atoms with Gasteiger partial charge in [0, 0.05) is 38.3 Å². The number of halogens is 4. The van der Waals surface area contributed by atoms with E-state index in [1.807, 2.05) is 24.3 Å². The van der Waals surface area contributed by atoms with E-state index in [0.717, 1.165) is 56.7 Å². The van der Waals surface area contributed by atoms with Gasteiger partial charge < -0.3 is 9.64 Å². The van der Waals surface area contributed by atoms with Gasteiger partial charge in [-0.2, -0.15) is 0 Å². The van der Waals surface area contributed by atoms with Gasteiger partial charge in [0.25, 0.3) is 0 Å². The Kier molecular flexibility index (Phi) is 11.6. The quantitative estimate of drug-likeness (QED) is 0.343. The third-order valence-electron chi connectivity index (χ3n) is 6.38. The maximum Gasteiger partial charge on any atom is 0.341 e. The highest BCUT2D eigenvalue weighted by Crippen LogP contribution is 2.30. The molecule has 0 aliphatic carbocycles. The number of benzene rings is 2. The van der Waals surface area contributed by atoms with Gasteiger partial charge in [0.1, 0.15) is 23.0 Å². The van der Waals surface area contributed by atoms with Crippen LogP contribution in [-0.2, 0) is 4.74 Å².